The van der Waals surface area contributed by atoms with Crippen LogP contribution in [0.2, 0.25) is 0 Å². The molecule has 0 aliphatic carbocycles. The van der Waals surface area contributed by atoms with Crippen LogP contribution in [-0.2, 0) is 9.59 Å². The molecule has 0 fully saturated rings. The summed E-state index contributed by atoms with van der Waals surface area (Å²) in [5.41, 5.74) is -1.01. The lowest BCUT2D eigenvalue weighted by atomic mass is 9.89. The van der Waals surface area contributed by atoms with Crippen molar-refractivity contribution in [2.45, 2.75) is 45.6 Å². The van der Waals surface area contributed by atoms with Crippen molar-refractivity contribution in [2.75, 3.05) is 6.54 Å². The minimum atomic E-state index is -1.01. The number of aliphatic carboxylic acids is 1. The standard InChI is InChI=1S/C10H19NO3/c1-4-7-10(5-2,9(13)14)11(6-3)8-12/h8H,4-7H2,1-3H3,(H,13,14). The van der Waals surface area contributed by atoms with Crippen molar-refractivity contribution in [3.63, 3.8) is 0 Å². The van der Waals surface area contributed by atoms with Gasteiger partial charge in [0.2, 0.25) is 6.41 Å². The lowest BCUT2D eigenvalue weighted by molar-refractivity contribution is -0.156. The SMILES string of the molecule is CCCC(CC)(C(=O)O)N(C=O)CC. The Labute approximate surface area is 84.9 Å². The first-order valence-electron chi connectivity index (χ1n) is 5.04. The summed E-state index contributed by atoms with van der Waals surface area (Å²) in [6.07, 6.45) is 2.34. The molecule has 1 N–H and O–H groups in total. The van der Waals surface area contributed by atoms with Gasteiger partial charge in [-0.3, -0.25) is 4.79 Å². The van der Waals surface area contributed by atoms with Crippen LogP contribution in [0.4, 0.5) is 0 Å². The number of carboxylic acids is 1. The molecule has 0 aromatic carbocycles. The molecule has 82 valence electrons. The van der Waals surface area contributed by atoms with Gasteiger partial charge in [-0.2, -0.15) is 0 Å². The summed E-state index contributed by atoms with van der Waals surface area (Å²) in [6.45, 7) is 5.95. The molecule has 0 radical (unpaired) electrons. The molecule has 0 bridgehead atoms. The van der Waals surface area contributed by atoms with Crippen molar-refractivity contribution >= 4 is 12.4 Å². The number of nitrogens with zero attached hydrogens (tertiary/aromatic N) is 1. The lowest BCUT2D eigenvalue weighted by Gasteiger charge is -2.36. The highest BCUT2D eigenvalue weighted by atomic mass is 16.4. The van der Waals surface area contributed by atoms with Crippen LogP contribution in [-0.4, -0.2) is 34.5 Å². The Hall–Kier alpha value is -1.06. The molecule has 1 unspecified atom stereocenters. The van der Waals surface area contributed by atoms with Crippen molar-refractivity contribution in [3.8, 4) is 0 Å². The zero-order chi connectivity index (χ0) is 11.2. The molecule has 0 spiro atoms. The predicted molar refractivity (Wildman–Crippen MR) is 54.0 cm³/mol. The van der Waals surface area contributed by atoms with Crippen LogP contribution < -0.4 is 0 Å². The lowest BCUT2D eigenvalue weighted by Crippen LogP contribution is -2.53. The van der Waals surface area contributed by atoms with E-state index >= 15 is 0 Å². The molecule has 0 heterocycles. The van der Waals surface area contributed by atoms with Gasteiger partial charge in [-0.1, -0.05) is 20.3 Å². The Bertz CT molecular complexity index is 206. The van der Waals surface area contributed by atoms with Crippen LogP contribution in [0.15, 0.2) is 0 Å². The Kier molecular flexibility index (Phi) is 5.20. The molecule has 4 nitrogen and oxygen atoms in total. The molecule has 0 saturated heterocycles. The molecule has 0 rings (SSSR count). The number of likely N-dealkylation sites (N-methyl/N-ethyl adjacent to an activating group) is 1. The zero-order valence-electron chi connectivity index (χ0n) is 9.12. The fourth-order valence-corrected chi connectivity index (χ4v) is 1.80. The molecule has 0 saturated carbocycles. The Balaban J connectivity index is 4.98. The maximum Gasteiger partial charge on any atom is 0.329 e. The van der Waals surface area contributed by atoms with Crippen molar-refractivity contribution in [2.24, 2.45) is 0 Å². The molecule has 0 aliphatic heterocycles. The number of amides is 1. The predicted octanol–water partition coefficient (Wildman–Crippen LogP) is 1.50. The fourth-order valence-electron chi connectivity index (χ4n) is 1.80. The summed E-state index contributed by atoms with van der Waals surface area (Å²) >= 11 is 0. The quantitative estimate of drug-likeness (QED) is 0.635. The van der Waals surface area contributed by atoms with E-state index in [2.05, 4.69) is 0 Å². The van der Waals surface area contributed by atoms with Crippen molar-refractivity contribution in [1.82, 2.24) is 4.90 Å². The Morgan fingerprint density at radius 1 is 1.43 bits per heavy atom. The van der Waals surface area contributed by atoms with Crippen LogP contribution >= 0.6 is 0 Å². The van der Waals surface area contributed by atoms with Crippen molar-refractivity contribution < 1.29 is 14.7 Å². The minimum absolute atomic E-state index is 0.434. The van der Waals surface area contributed by atoms with E-state index in [1.807, 2.05) is 6.92 Å². The smallest absolute Gasteiger partial charge is 0.329 e. The molecule has 1 atom stereocenters. The maximum absolute atomic E-state index is 11.2. The van der Waals surface area contributed by atoms with Crippen LogP contribution in [0.25, 0.3) is 0 Å². The number of carbonyl (C=O) groups is 2. The summed E-state index contributed by atoms with van der Waals surface area (Å²) in [5, 5.41) is 9.19. The highest BCUT2D eigenvalue weighted by Gasteiger charge is 2.40. The topological polar surface area (TPSA) is 57.6 Å². The summed E-state index contributed by atoms with van der Waals surface area (Å²) in [6, 6.07) is 0. The van der Waals surface area contributed by atoms with Gasteiger partial charge in [0.1, 0.15) is 5.54 Å². The molecule has 0 aromatic heterocycles. The molecular weight excluding hydrogens is 182 g/mol. The first-order valence-corrected chi connectivity index (χ1v) is 5.04. The number of carbonyl (C=O) groups excluding carboxylic acids is 1. The molecule has 14 heavy (non-hydrogen) atoms. The zero-order valence-corrected chi connectivity index (χ0v) is 9.12. The third-order valence-electron chi connectivity index (χ3n) is 2.66. The normalized spacial score (nSPS) is 14.5. The van der Waals surface area contributed by atoms with E-state index in [4.69, 9.17) is 0 Å². The van der Waals surface area contributed by atoms with Gasteiger partial charge in [-0.05, 0) is 19.8 Å². The minimum Gasteiger partial charge on any atom is -0.479 e. The van der Waals surface area contributed by atoms with Gasteiger partial charge in [0.25, 0.3) is 0 Å². The van der Waals surface area contributed by atoms with Gasteiger partial charge < -0.3 is 10.0 Å². The van der Waals surface area contributed by atoms with Crippen molar-refractivity contribution in [3.05, 3.63) is 0 Å². The van der Waals surface area contributed by atoms with E-state index in [0.717, 1.165) is 6.42 Å². The Morgan fingerprint density at radius 2 is 2.00 bits per heavy atom. The average molecular weight is 201 g/mol. The molecule has 0 aromatic rings. The second-order valence-corrected chi connectivity index (χ2v) is 3.33. The van der Waals surface area contributed by atoms with Crippen LogP contribution in [0.5, 0.6) is 0 Å². The monoisotopic (exact) mass is 201 g/mol. The summed E-state index contributed by atoms with van der Waals surface area (Å²) < 4.78 is 0. The van der Waals surface area contributed by atoms with Gasteiger partial charge in [0.15, 0.2) is 0 Å². The van der Waals surface area contributed by atoms with Crippen LogP contribution in [0, 0.1) is 0 Å². The average Bonchev–Trinajstić information content (AvgIpc) is 2.17. The number of carboxylic acid groups (broad SMARTS) is 1. The third-order valence-corrected chi connectivity index (χ3v) is 2.66. The number of hydrogen-bond acceptors (Lipinski definition) is 2. The first-order chi connectivity index (χ1) is 6.58. The van der Waals surface area contributed by atoms with E-state index in [9.17, 15) is 14.7 Å². The third kappa shape index (κ3) is 2.25. The molecule has 0 aliphatic rings. The molecule has 4 heteroatoms. The summed E-state index contributed by atoms with van der Waals surface area (Å²) in [5.74, 6) is -0.907. The van der Waals surface area contributed by atoms with Crippen molar-refractivity contribution in [1.29, 1.82) is 0 Å². The second-order valence-electron chi connectivity index (χ2n) is 3.33. The van der Waals surface area contributed by atoms with Gasteiger partial charge in [0, 0.05) is 6.54 Å². The van der Waals surface area contributed by atoms with E-state index in [-0.39, 0.29) is 0 Å². The number of rotatable bonds is 7. The van der Waals surface area contributed by atoms with Gasteiger partial charge in [-0.15, -0.1) is 0 Å². The van der Waals surface area contributed by atoms with Gasteiger partial charge >= 0.3 is 5.97 Å². The van der Waals surface area contributed by atoms with Gasteiger partial charge in [0.05, 0.1) is 0 Å². The van der Waals surface area contributed by atoms with E-state index < -0.39 is 11.5 Å². The highest BCUT2D eigenvalue weighted by molar-refractivity contribution is 5.81. The van der Waals surface area contributed by atoms with Crippen LogP contribution in [0.3, 0.4) is 0 Å². The molecular formula is C10H19NO3. The summed E-state index contributed by atoms with van der Waals surface area (Å²) in [7, 11) is 0. The van der Waals surface area contributed by atoms with Crippen LogP contribution in [0.1, 0.15) is 40.0 Å². The van der Waals surface area contributed by atoms with E-state index in [1.165, 1.54) is 4.90 Å². The van der Waals surface area contributed by atoms with E-state index in [1.54, 1.807) is 13.8 Å². The Morgan fingerprint density at radius 3 is 2.21 bits per heavy atom. The van der Waals surface area contributed by atoms with E-state index in [0.29, 0.717) is 25.8 Å². The second kappa shape index (κ2) is 5.62. The van der Waals surface area contributed by atoms with Gasteiger partial charge in [-0.25, -0.2) is 4.79 Å². The fraction of sp³-hybridized carbons (Fsp3) is 0.800. The maximum atomic E-state index is 11.2. The first kappa shape index (κ1) is 12.9. The summed E-state index contributed by atoms with van der Waals surface area (Å²) in [4.78, 5) is 23.4. The largest absolute Gasteiger partial charge is 0.479 e. The highest BCUT2D eigenvalue weighted by Crippen LogP contribution is 2.24. The number of hydrogen-bond donors (Lipinski definition) is 1. The molecule has 1 amide bonds.